The largest absolute Gasteiger partial charge is 0.506 e. The number of phenols is 2. The van der Waals surface area contributed by atoms with Crippen molar-refractivity contribution in [2.24, 2.45) is 0 Å². The topological polar surface area (TPSA) is 66.2 Å². The molecule has 0 spiro atoms. The molecule has 5 heteroatoms. The van der Waals surface area contributed by atoms with Gasteiger partial charge in [0.2, 0.25) is 0 Å². The average molecular weight is 330 g/mol. The first-order valence-electron chi connectivity index (χ1n) is 6.81. The zero-order valence-electron chi connectivity index (χ0n) is 12.4. The number of fused-ring (bicyclic) bond motifs is 2. The molecule has 2 aromatic heterocycles. The molecule has 23 heavy (non-hydrogen) atoms. The van der Waals surface area contributed by atoms with Gasteiger partial charge in [-0.05, 0) is 24.3 Å². The van der Waals surface area contributed by atoms with Crippen LogP contribution in [0.2, 0.25) is 0 Å². The number of phenolic OH excluding ortho intramolecular Hbond substituents is 2. The number of aromatic nitrogens is 2. The second-order valence-corrected chi connectivity index (χ2v) is 4.70. The second-order valence-electron chi connectivity index (χ2n) is 4.70. The molecule has 0 atom stereocenters. The zero-order valence-corrected chi connectivity index (χ0v) is 14.6. The molecule has 0 aliphatic rings. The van der Waals surface area contributed by atoms with Gasteiger partial charge in [-0.15, -0.1) is 0 Å². The molecule has 0 bridgehead atoms. The summed E-state index contributed by atoms with van der Waals surface area (Å²) in [6.07, 6.45) is 3.34. The minimum Gasteiger partial charge on any atom is -0.506 e. The van der Waals surface area contributed by atoms with Gasteiger partial charge >= 0.3 is 0 Å². The quantitative estimate of drug-likeness (QED) is 0.484. The third-order valence-corrected chi connectivity index (χ3v) is 3.22. The van der Waals surface area contributed by atoms with E-state index in [0.717, 1.165) is 10.8 Å². The molecule has 0 saturated heterocycles. The number of hydrogen-bond acceptors (Lipinski definition) is 4. The Morgan fingerprint density at radius 3 is 1.35 bits per heavy atom. The summed E-state index contributed by atoms with van der Waals surface area (Å²) in [7, 11) is 0. The van der Waals surface area contributed by atoms with Crippen molar-refractivity contribution in [1.29, 1.82) is 0 Å². The van der Waals surface area contributed by atoms with Crippen LogP contribution >= 0.6 is 0 Å². The van der Waals surface area contributed by atoms with Crippen LogP contribution in [0.1, 0.15) is 0 Å². The van der Waals surface area contributed by atoms with Gasteiger partial charge in [-0.1, -0.05) is 36.4 Å². The Morgan fingerprint density at radius 1 is 0.565 bits per heavy atom. The standard InChI is InChI=1S/2C9H7NO.Ca/c2*11-8-5-1-3-7-4-2-6-10-9(7)8;/h2*1-6,11H;. The maximum Gasteiger partial charge on any atom is 0.141 e. The van der Waals surface area contributed by atoms with Gasteiger partial charge in [0.05, 0.1) is 0 Å². The predicted octanol–water partition coefficient (Wildman–Crippen LogP) is 3.50. The molecule has 4 nitrogen and oxygen atoms in total. The van der Waals surface area contributed by atoms with Crippen molar-refractivity contribution in [3.8, 4) is 11.5 Å². The summed E-state index contributed by atoms with van der Waals surface area (Å²) in [5, 5.41) is 20.5. The van der Waals surface area contributed by atoms with E-state index in [9.17, 15) is 10.2 Å². The molecular formula is C18H14CaN2O2. The van der Waals surface area contributed by atoms with Crippen molar-refractivity contribution < 1.29 is 10.2 Å². The monoisotopic (exact) mass is 330 g/mol. The molecule has 0 aliphatic heterocycles. The first-order chi connectivity index (χ1) is 10.8. The summed E-state index contributed by atoms with van der Waals surface area (Å²) < 4.78 is 0. The molecule has 110 valence electrons. The maximum atomic E-state index is 9.31. The van der Waals surface area contributed by atoms with Gasteiger partial charge in [0, 0.05) is 60.9 Å². The molecule has 0 fully saturated rings. The predicted molar refractivity (Wildman–Crippen MR) is 92.6 cm³/mol. The number of nitrogens with zero attached hydrogens (tertiary/aromatic N) is 2. The molecule has 2 radical (unpaired) electrons. The summed E-state index contributed by atoms with van der Waals surface area (Å²) in [6, 6.07) is 18.3. The van der Waals surface area contributed by atoms with Crippen LogP contribution in [0.15, 0.2) is 73.1 Å². The molecular weight excluding hydrogens is 316 g/mol. The van der Waals surface area contributed by atoms with Gasteiger partial charge in [0.15, 0.2) is 0 Å². The first-order valence-corrected chi connectivity index (χ1v) is 6.81. The van der Waals surface area contributed by atoms with E-state index >= 15 is 0 Å². The number of hydrogen-bond donors (Lipinski definition) is 2. The third-order valence-electron chi connectivity index (χ3n) is 3.22. The number of pyridine rings is 2. The van der Waals surface area contributed by atoms with Crippen molar-refractivity contribution in [2.45, 2.75) is 0 Å². The molecule has 2 heterocycles. The summed E-state index contributed by atoms with van der Waals surface area (Å²) in [6.45, 7) is 0. The molecule has 2 N–H and O–H groups in total. The fraction of sp³-hybridized carbons (Fsp3) is 0. The number of rotatable bonds is 0. The van der Waals surface area contributed by atoms with Crippen LogP contribution in [0.25, 0.3) is 21.8 Å². The maximum absolute atomic E-state index is 9.31. The van der Waals surface area contributed by atoms with E-state index in [-0.39, 0.29) is 49.2 Å². The molecule has 2 aromatic carbocycles. The van der Waals surface area contributed by atoms with E-state index < -0.39 is 0 Å². The van der Waals surface area contributed by atoms with E-state index in [1.54, 1.807) is 36.7 Å². The summed E-state index contributed by atoms with van der Waals surface area (Å²) in [5.74, 6) is 0.478. The van der Waals surface area contributed by atoms with E-state index in [4.69, 9.17) is 0 Å². The van der Waals surface area contributed by atoms with Crippen molar-refractivity contribution in [3.63, 3.8) is 0 Å². The van der Waals surface area contributed by atoms with E-state index in [1.165, 1.54) is 0 Å². The van der Waals surface area contributed by atoms with Crippen LogP contribution in [0.3, 0.4) is 0 Å². The van der Waals surface area contributed by atoms with Crippen molar-refractivity contribution >= 4 is 59.5 Å². The van der Waals surface area contributed by atoms with Crippen LogP contribution < -0.4 is 0 Å². The fourth-order valence-corrected chi connectivity index (χ4v) is 2.18. The Morgan fingerprint density at radius 2 is 0.957 bits per heavy atom. The van der Waals surface area contributed by atoms with Crippen molar-refractivity contribution in [1.82, 2.24) is 9.97 Å². The van der Waals surface area contributed by atoms with Gasteiger partial charge in [0.25, 0.3) is 0 Å². The first kappa shape index (κ1) is 17.5. The van der Waals surface area contributed by atoms with Gasteiger partial charge in [-0.25, -0.2) is 0 Å². The number of para-hydroxylation sites is 2. The van der Waals surface area contributed by atoms with E-state index in [0.29, 0.717) is 11.0 Å². The van der Waals surface area contributed by atoms with Crippen LogP contribution in [0.4, 0.5) is 0 Å². The van der Waals surface area contributed by atoms with Crippen molar-refractivity contribution in [2.75, 3.05) is 0 Å². The van der Waals surface area contributed by atoms with Crippen molar-refractivity contribution in [3.05, 3.63) is 73.1 Å². The van der Waals surface area contributed by atoms with E-state index in [2.05, 4.69) is 9.97 Å². The average Bonchev–Trinajstić information content (AvgIpc) is 2.57. The van der Waals surface area contributed by atoms with Gasteiger partial charge in [0.1, 0.15) is 22.5 Å². The summed E-state index contributed by atoms with van der Waals surface area (Å²) in [4.78, 5) is 8.06. The number of benzene rings is 2. The molecule has 0 unspecified atom stereocenters. The smallest absolute Gasteiger partial charge is 0.141 e. The van der Waals surface area contributed by atoms with Gasteiger partial charge in [-0.3, -0.25) is 9.97 Å². The normalized spacial score (nSPS) is 9.74. The van der Waals surface area contributed by atoms with Crippen LogP contribution in [0.5, 0.6) is 11.5 Å². The molecule has 4 aromatic rings. The Labute approximate surface area is 163 Å². The fourth-order valence-electron chi connectivity index (χ4n) is 2.18. The number of aromatic hydroxyl groups is 2. The summed E-state index contributed by atoms with van der Waals surface area (Å²) in [5.41, 5.74) is 1.32. The van der Waals surface area contributed by atoms with Crippen LogP contribution in [-0.2, 0) is 0 Å². The molecule has 0 aliphatic carbocycles. The van der Waals surface area contributed by atoms with Gasteiger partial charge < -0.3 is 10.2 Å². The Hall–Kier alpha value is -1.88. The SMILES string of the molecule is Oc1cccc2cccnc12.Oc1cccc2cccnc12.[Ca]. The Kier molecular flexibility index (Phi) is 6.16. The zero-order chi connectivity index (χ0) is 15.4. The third kappa shape index (κ3) is 4.10. The van der Waals surface area contributed by atoms with Crippen LogP contribution in [-0.4, -0.2) is 57.9 Å². The van der Waals surface area contributed by atoms with E-state index in [1.807, 2.05) is 36.4 Å². The Bertz CT molecular complexity index is 841. The van der Waals surface area contributed by atoms with Gasteiger partial charge in [-0.2, -0.15) is 0 Å². The molecule has 4 rings (SSSR count). The molecule has 0 saturated carbocycles. The Balaban J connectivity index is 0.000000160. The minimum atomic E-state index is 0. The van der Waals surface area contributed by atoms with Crippen LogP contribution in [0, 0.1) is 0 Å². The minimum absolute atomic E-state index is 0. The second kappa shape index (κ2) is 8.11. The molecule has 0 amide bonds. The summed E-state index contributed by atoms with van der Waals surface area (Å²) >= 11 is 0.